The van der Waals surface area contributed by atoms with E-state index in [2.05, 4.69) is 31.0 Å². The molecule has 4 nitrogen and oxygen atoms in total. The third-order valence-corrected chi connectivity index (χ3v) is 4.00. The minimum atomic E-state index is -0.176. The second-order valence-electron chi connectivity index (χ2n) is 6.15. The van der Waals surface area contributed by atoms with Crippen LogP contribution in [0.15, 0.2) is 0 Å². The summed E-state index contributed by atoms with van der Waals surface area (Å²) in [5.74, 6) is -0.108. The van der Waals surface area contributed by atoms with Crippen LogP contribution in [0, 0.1) is 0 Å². The first kappa shape index (κ1) is 17.4. The predicted molar refractivity (Wildman–Crippen MR) is 82.8 cm³/mol. The van der Waals surface area contributed by atoms with Gasteiger partial charge in [0.2, 0.25) is 0 Å². The molecule has 1 heterocycles. The molecule has 1 rings (SSSR count). The standard InChI is InChI=1S/C16H32N2O2/c1-5-20-16(19)15(17-13(2)3)10-12-18-11-8-6-7-9-14(18)4/h13-15,17H,5-12H2,1-4H3. The van der Waals surface area contributed by atoms with E-state index in [1.54, 1.807) is 0 Å². The maximum Gasteiger partial charge on any atom is 0.323 e. The summed E-state index contributed by atoms with van der Waals surface area (Å²) < 4.78 is 5.18. The number of hydrogen-bond acceptors (Lipinski definition) is 4. The summed E-state index contributed by atoms with van der Waals surface area (Å²) >= 11 is 0. The van der Waals surface area contributed by atoms with Crippen molar-refractivity contribution >= 4 is 5.97 Å². The first-order valence-electron chi connectivity index (χ1n) is 8.21. The highest BCUT2D eigenvalue weighted by atomic mass is 16.5. The minimum Gasteiger partial charge on any atom is -0.465 e. The monoisotopic (exact) mass is 284 g/mol. The number of carbonyl (C=O) groups excluding carboxylic acids is 1. The molecule has 1 aliphatic heterocycles. The van der Waals surface area contributed by atoms with E-state index in [0.29, 0.717) is 18.7 Å². The molecule has 4 heteroatoms. The lowest BCUT2D eigenvalue weighted by Crippen LogP contribution is -2.45. The van der Waals surface area contributed by atoms with Crippen LogP contribution in [0.5, 0.6) is 0 Å². The van der Waals surface area contributed by atoms with Gasteiger partial charge in [0.15, 0.2) is 0 Å². The van der Waals surface area contributed by atoms with E-state index in [0.717, 1.165) is 13.0 Å². The Morgan fingerprint density at radius 2 is 2.10 bits per heavy atom. The zero-order chi connectivity index (χ0) is 15.0. The summed E-state index contributed by atoms with van der Waals surface area (Å²) in [6.45, 7) is 10.9. The number of rotatable bonds is 7. The molecule has 0 aromatic heterocycles. The van der Waals surface area contributed by atoms with Crippen molar-refractivity contribution in [2.75, 3.05) is 19.7 Å². The van der Waals surface area contributed by atoms with E-state index < -0.39 is 0 Å². The van der Waals surface area contributed by atoms with Gasteiger partial charge in [0.05, 0.1) is 6.61 Å². The third kappa shape index (κ3) is 6.23. The van der Waals surface area contributed by atoms with E-state index in [-0.39, 0.29) is 12.0 Å². The summed E-state index contributed by atoms with van der Waals surface area (Å²) in [7, 11) is 0. The smallest absolute Gasteiger partial charge is 0.323 e. The second-order valence-corrected chi connectivity index (χ2v) is 6.15. The predicted octanol–water partition coefficient (Wildman–Crippen LogP) is 2.57. The Hall–Kier alpha value is -0.610. The van der Waals surface area contributed by atoms with Gasteiger partial charge in [-0.25, -0.2) is 0 Å². The lowest BCUT2D eigenvalue weighted by molar-refractivity contribution is -0.146. The molecule has 2 unspecified atom stereocenters. The van der Waals surface area contributed by atoms with E-state index in [1.165, 1.54) is 32.2 Å². The highest BCUT2D eigenvalue weighted by Crippen LogP contribution is 2.17. The van der Waals surface area contributed by atoms with Crippen LogP contribution in [0.1, 0.15) is 59.8 Å². The lowest BCUT2D eigenvalue weighted by Gasteiger charge is -2.29. The van der Waals surface area contributed by atoms with Gasteiger partial charge in [-0.1, -0.05) is 26.7 Å². The third-order valence-electron chi connectivity index (χ3n) is 4.00. The summed E-state index contributed by atoms with van der Waals surface area (Å²) in [5, 5.41) is 3.33. The minimum absolute atomic E-state index is 0.108. The number of likely N-dealkylation sites (tertiary alicyclic amines) is 1. The average molecular weight is 284 g/mol. The normalized spacial score (nSPS) is 22.6. The first-order valence-corrected chi connectivity index (χ1v) is 8.21. The molecule has 0 aromatic carbocycles. The zero-order valence-corrected chi connectivity index (χ0v) is 13.7. The fourth-order valence-corrected chi connectivity index (χ4v) is 2.88. The summed E-state index contributed by atoms with van der Waals surface area (Å²) in [6.07, 6.45) is 6.07. The maximum absolute atomic E-state index is 12.0. The van der Waals surface area contributed by atoms with Crippen molar-refractivity contribution in [3.8, 4) is 0 Å². The molecule has 0 bridgehead atoms. The molecule has 0 spiro atoms. The number of nitrogens with one attached hydrogen (secondary N) is 1. The maximum atomic E-state index is 12.0. The molecule has 0 radical (unpaired) electrons. The van der Waals surface area contributed by atoms with Crippen molar-refractivity contribution < 1.29 is 9.53 Å². The van der Waals surface area contributed by atoms with Crippen LogP contribution in [-0.4, -0.2) is 48.7 Å². The molecule has 1 aliphatic rings. The molecule has 0 aromatic rings. The van der Waals surface area contributed by atoms with Gasteiger partial charge in [-0.15, -0.1) is 0 Å². The van der Waals surface area contributed by atoms with Gasteiger partial charge >= 0.3 is 5.97 Å². The largest absolute Gasteiger partial charge is 0.465 e. The van der Waals surface area contributed by atoms with Gasteiger partial charge in [0, 0.05) is 18.6 Å². The zero-order valence-electron chi connectivity index (χ0n) is 13.7. The number of esters is 1. The van der Waals surface area contributed by atoms with Crippen molar-refractivity contribution in [2.45, 2.75) is 77.9 Å². The van der Waals surface area contributed by atoms with Crippen LogP contribution in [0.25, 0.3) is 0 Å². The van der Waals surface area contributed by atoms with Crippen LogP contribution in [0.4, 0.5) is 0 Å². The highest BCUT2D eigenvalue weighted by molar-refractivity contribution is 5.75. The van der Waals surface area contributed by atoms with Crippen LogP contribution in [0.2, 0.25) is 0 Å². The Morgan fingerprint density at radius 3 is 2.75 bits per heavy atom. The van der Waals surface area contributed by atoms with E-state index in [1.807, 2.05) is 6.92 Å². The quantitative estimate of drug-likeness (QED) is 0.730. The van der Waals surface area contributed by atoms with Crippen molar-refractivity contribution in [2.24, 2.45) is 0 Å². The van der Waals surface area contributed by atoms with E-state index in [4.69, 9.17) is 4.74 Å². The molecular formula is C16H32N2O2. The van der Waals surface area contributed by atoms with Crippen molar-refractivity contribution in [1.82, 2.24) is 10.2 Å². The van der Waals surface area contributed by atoms with Crippen molar-refractivity contribution in [3.05, 3.63) is 0 Å². The van der Waals surface area contributed by atoms with Crippen LogP contribution in [-0.2, 0) is 9.53 Å². The number of carbonyl (C=O) groups is 1. The summed E-state index contributed by atoms with van der Waals surface area (Å²) in [5.41, 5.74) is 0. The second kappa shape index (κ2) is 9.35. The average Bonchev–Trinajstić information content (AvgIpc) is 2.59. The van der Waals surface area contributed by atoms with Crippen LogP contribution < -0.4 is 5.32 Å². The van der Waals surface area contributed by atoms with Gasteiger partial charge in [-0.2, -0.15) is 0 Å². The molecule has 1 saturated heterocycles. The molecule has 118 valence electrons. The van der Waals surface area contributed by atoms with Crippen LogP contribution >= 0.6 is 0 Å². The topological polar surface area (TPSA) is 41.6 Å². The fourth-order valence-electron chi connectivity index (χ4n) is 2.88. The Bertz CT molecular complexity index is 282. The Morgan fingerprint density at radius 1 is 1.35 bits per heavy atom. The van der Waals surface area contributed by atoms with E-state index in [9.17, 15) is 4.79 Å². The summed E-state index contributed by atoms with van der Waals surface area (Å²) in [4.78, 5) is 14.5. The van der Waals surface area contributed by atoms with Gasteiger partial charge in [-0.05, 0) is 39.7 Å². The fraction of sp³-hybridized carbons (Fsp3) is 0.938. The molecule has 1 N–H and O–H groups in total. The van der Waals surface area contributed by atoms with Crippen molar-refractivity contribution in [1.29, 1.82) is 0 Å². The Labute approximate surface area is 124 Å². The number of ether oxygens (including phenoxy) is 1. The van der Waals surface area contributed by atoms with Crippen molar-refractivity contribution in [3.63, 3.8) is 0 Å². The molecule has 0 saturated carbocycles. The van der Waals surface area contributed by atoms with E-state index >= 15 is 0 Å². The molecular weight excluding hydrogens is 252 g/mol. The summed E-state index contributed by atoms with van der Waals surface area (Å²) in [6, 6.07) is 0.760. The molecule has 0 aliphatic carbocycles. The lowest BCUT2D eigenvalue weighted by atomic mass is 10.1. The highest BCUT2D eigenvalue weighted by Gasteiger charge is 2.23. The SMILES string of the molecule is CCOC(=O)C(CCN1CCCCCC1C)NC(C)C. The van der Waals surface area contributed by atoms with Gasteiger partial charge < -0.3 is 15.0 Å². The molecule has 1 fully saturated rings. The van der Waals surface area contributed by atoms with Gasteiger partial charge in [0.25, 0.3) is 0 Å². The van der Waals surface area contributed by atoms with Gasteiger partial charge in [-0.3, -0.25) is 4.79 Å². The molecule has 2 atom stereocenters. The number of hydrogen-bond donors (Lipinski definition) is 1. The molecule has 0 amide bonds. The first-order chi connectivity index (χ1) is 9.54. The number of nitrogens with zero attached hydrogens (tertiary/aromatic N) is 1. The molecule has 20 heavy (non-hydrogen) atoms. The Balaban J connectivity index is 2.48. The van der Waals surface area contributed by atoms with Gasteiger partial charge in [0.1, 0.15) is 6.04 Å². The van der Waals surface area contributed by atoms with Crippen LogP contribution in [0.3, 0.4) is 0 Å². The Kier molecular flexibility index (Phi) is 8.15.